The summed E-state index contributed by atoms with van der Waals surface area (Å²) in [7, 11) is 1.67. The van der Waals surface area contributed by atoms with E-state index in [9.17, 15) is 13.2 Å². The first-order valence-corrected chi connectivity index (χ1v) is 5.74. The van der Waals surface area contributed by atoms with Crippen LogP contribution in [-0.2, 0) is 13.2 Å². The second-order valence-electron chi connectivity index (χ2n) is 4.49. The van der Waals surface area contributed by atoms with Gasteiger partial charge in [-0.05, 0) is 12.1 Å². The number of hydrogen-bond acceptors (Lipinski definition) is 3. The van der Waals surface area contributed by atoms with E-state index in [0.29, 0.717) is 27.9 Å². The molecule has 0 unspecified atom stereocenters. The molecular weight excluding hydrogens is 271 g/mol. The van der Waals surface area contributed by atoms with Crippen molar-refractivity contribution < 1.29 is 17.7 Å². The highest BCUT2D eigenvalue weighted by molar-refractivity contribution is 5.97. The lowest BCUT2D eigenvalue weighted by Crippen LogP contribution is -2.04. The molecule has 0 aliphatic heterocycles. The highest BCUT2D eigenvalue weighted by Gasteiger charge is 2.31. The molecule has 2 N–H and O–H groups in total. The first kappa shape index (κ1) is 12.6. The van der Waals surface area contributed by atoms with Gasteiger partial charge in [0.25, 0.3) is 0 Å². The van der Waals surface area contributed by atoms with E-state index in [-0.39, 0.29) is 0 Å². The summed E-state index contributed by atoms with van der Waals surface area (Å²) in [6.07, 6.45) is -1.34. The molecule has 3 aromatic rings. The van der Waals surface area contributed by atoms with E-state index in [4.69, 9.17) is 10.3 Å². The quantitative estimate of drug-likeness (QED) is 0.743. The van der Waals surface area contributed by atoms with Crippen molar-refractivity contribution in [2.24, 2.45) is 7.05 Å². The van der Waals surface area contributed by atoms with Crippen molar-refractivity contribution in [2.45, 2.75) is 6.18 Å². The molecule has 1 aromatic carbocycles. The minimum atomic E-state index is -4.37. The van der Waals surface area contributed by atoms with E-state index >= 15 is 0 Å². The maximum Gasteiger partial charge on any atom is 0.416 e. The molecule has 0 spiro atoms. The second-order valence-corrected chi connectivity index (χ2v) is 4.49. The van der Waals surface area contributed by atoms with E-state index in [1.807, 2.05) is 0 Å². The Morgan fingerprint density at radius 3 is 2.65 bits per heavy atom. The summed E-state index contributed by atoms with van der Waals surface area (Å²) in [6.45, 7) is 0. The summed E-state index contributed by atoms with van der Waals surface area (Å²) in [5.74, 6) is 0.357. The number of rotatable bonds is 1. The van der Waals surface area contributed by atoms with Crippen LogP contribution in [-0.4, -0.2) is 9.72 Å². The fourth-order valence-corrected chi connectivity index (χ4v) is 2.19. The maximum atomic E-state index is 12.7. The van der Waals surface area contributed by atoms with Gasteiger partial charge in [-0.1, -0.05) is 11.2 Å². The first-order valence-electron chi connectivity index (χ1n) is 5.74. The number of nitrogen functional groups attached to an aromatic ring is 1. The zero-order valence-electron chi connectivity index (χ0n) is 10.4. The summed E-state index contributed by atoms with van der Waals surface area (Å²) in [5.41, 5.74) is 6.45. The molecule has 0 saturated heterocycles. The number of benzene rings is 1. The van der Waals surface area contributed by atoms with Gasteiger partial charge in [-0.2, -0.15) is 13.2 Å². The van der Waals surface area contributed by atoms with Crippen LogP contribution in [0.15, 0.2) is 35.1 Å². The van der Waals surface area contributed by atoms with Crippen molar-refractivity contribution in [3.8, 4) is 11.3 Å². The first-order chi connectivity index (χ1) is 9.38. The van der Waals surface area contributed by atoms with Crippen molar-refractivity contribution in [1.82, 2.24) is 9.72 Å². The molecule has 0 radical (unpaired) electrons. The topological polar surface area (TPSA) is 57.0 Å². The van der Waals surface area contributed by atoms with Crippen LogP contribution in [0.2, 0.25) is 0 Å². The van der Waals surface area contributed by atoms with Gasteiger partial charge in [0.2, 0.25) is 0 Å². The summed E-state index contributed by atoms with van der Waals surface area (Å²) in [6, 6.07) is 3.55. The Labute approximate surface area is 111 Å². The Balaban J connectivity index is 2.26. The van der Waals surface area contributed by atoms with Crippen molar-refractivity contribution in [1.29, 1.82) is 0 Å². The van der Waals surface area contributed by atoms with Gasteiger partial charge in [0.1, 0.15) is 5.69 Å². The molecule has 0 amide bonds. The molecule has 0 aliphatic rings. The number of hydrogen-bond donors (Lipinski definition) is 1. The molecule has 0 atom stereocenters. The average Bonchev–Trinajstić information content (AvgIpc) is 2.92. The van der Waals surface area contributed by atoms with E-state index in [1.165, 1.54) is 12.3 Å². The molecule has 7 heteroatoms. The number of nitrogens with two attached hydrogens (primary N) is 1. The second kappa shape index (κ2) is 4.03. The van der Waals surface area contributed by atoms with Crippen molar-refractivity contribution >= 4 is 16.6 Å². The largest absolute Gasteiger partial charge is 0.416 e. The zero-order valence-corrected chi connectivity index (χ0v) is 10.4. The number of nitrogens with zero attached hydrogens (tertiary/aromatic N) is 2. The fourth-order valence-electron chi connectivity index (χ4n) is 2.19. The number of anilines is 1. The minimum absolute atomic E-state index is 0.345. The van der Waals surface area contributed by atoms with Gasteiger partial charge >= 0.3 is 6.18 Å². The molecule has 0 bridgehead atoms. The molecule has 3 rings (SSSR count). The standard InChI is InChI=1S/C13H10F3N3O/c1-19-6-9(12-10(17)5-18-20-12)8-3-2-7(4-11(8)19)13(14,15)16/h2-6H,17H2,1H3. The monoisotopic (exact) mass is 281 g/mol. The van der Waals surface area contributed by atoms with Crippen LogP contribution < -0.4 is 5.73 Å². The van der Waals surface area contributed by atoms with Gasteiger partial charge in [-0.15, -0.1) is 0 Å². The van der Waals surface area contributed by atoms with Crippen molar-refractivity contribution in [2.75, 3.05) is 5.73 Å². The molecule has 4 nitrogen and oxygen atoms in total. The number of halogens is 3. The minimum Gasteiger partial charge on any atom is -0.394 e. The molecule has 0 fully saturated rings. The Kier molecular flexibility index (Phi) is 2.53. The summed E-state index contributed by atoms with van der Waals surface area (Å²) >= 11 is 0. The maximum absolute atomic E-state index is 12.7. The Morgan fingerprint density at radius 1 is 1.30 bits per heavy atom. The lowest BCUT2D eigenvalue weighted by atomic mass is 10.1. The third-order valence-electron chi connectivity index (χ3n) is 3.16. The van der Waals surface area contributed by atoms with Gasteiger partial charge in [0, 0.05) is 29.7 Å². The van der Waals surface area contributed by atoms with Crippen molar-refractivity contribution in [3.63, 3.8) is 0 Å². The highest BCUT2D eigenvalue weighted by Crippen LogP contribution is 2.37. The summed E-state index contributed by atoms with van der Waals surface area (Å²) in [4.78, 5) is 0. The zero-order chi connectivity index (χ0) is 14.5. The van der Waals surface area contributed by atoms with Crippen LogP contribution in [0.5, 0.6) is 0 Å². The number of aromatic nitrogens is 2. The van der Waals surface area contributed by atoms with Crippen molar-refractivity contribution in [3.05, 3.63) is 36.2 Å². The van der Waals surface area contributed by atoms with E-state index in [2.05, 4.69) is 5.16 Å². The lowest BCUT2D eigenvalue weighted by Gasteiger charge is -2.07. The molecule has 104 valence electrons. The summed E-state index contributed by atoms with van der Waals surface area (Å²) < 4.78 is 44.9. The van der Waals surface area contributed by atoms with Crippen LogP contribution in [0.3, 0.4) is 0 Å². The highest BCUT2D eigenvalue weighted by atomic mass is 19.4. The molecule has 0 aliphatic carbocycles. The van der Waals surface area contributed by atoms with Gasteiger partial charge in [0.15, 0.2) is 5.76 Å². The normalized spacial score (nSPS) is 12.2. The van der Waals surface area contributed by atoms with Gasteiger partial charge in [-0.3, -0.25) is 0 Å². The Bertz CT molecular complexity index is 786. The Hall–Kier alpha value is -2.44. The number of alkyl halides is 3. The molecule has 0 saturated carbocycles. The molecule has 2 heterocycles. The molecular formula is C13H10F3N3O. The van der Waals surface area contributed by atoms with Crippen LogP contribution in [0, 0.1) is 0 Å². The number of aryl methyl sites for hydroxylation is 1. The summed E-state index contributed by atoms with van der Waals surface area (Å²) in [5, 5.41) is 4.21. The third kappa shape index (κ3) is 1.82. The van der Waals surface area contributed by atoms with Gasteiger partial charge in [-0.25, -0.2) is 0 Å². The SMILES string of the molecule is Cn1cc(-c2oncc2N)c2ccc(C(F)(F)F)cc21. The molecule has 2 aromatic heterocycles. The predicted molar refractivity (Wildman–Crippen MR) is 67.8 cm³/mol. The van der Waals surface area contributed by atoms with Gasteiger partial charge < -0.3 is 14.8 Å². The average molecular weight is 281 g/mol. The van der Waals surface area contributed by atoms with Gasteiger partial charge in [0.05, 0.1) is 11.8 Å². The van der Waals surface area contributed by atoms with E-state index in [1.54, 1.807) is 17.8 Å². The predicted octanol–water partition coefficient (Wildman–Crippen LogP) is 3.43. The van der Waals surface area contributed by atoms with Crippen LogP contribution >= 0.6 is 0 Å². The fraction of sp³-hybridized carbons (Fsp3) is 0.154. The van der Waals surface area contributed by atoms with Crippen LogP contribution in [0.25, 0.3) is 22.2 Å². The Morgan fingerprint density at radius 2 is 2.05 bits per heavy atom. The van der Waals surface area contributed by atoms with Crippen LogP contribution in [0.4, 0.5) is 18.9 Å². The number of fused-ring (bicyclic) bond motifs is 1. The van der Waals surface area contributed by atoms with Crippen LogP contribution in [0.1, 0.15) is 5.56 Å². The van der Waals surface area contributed by atoms with E-state index < -0.39 is 11.7 Å². The third-order valence-corrected chi connectivity index (χ3v) is 3.16. The molecule has 20 heavy (non-hydrogen) atoms. The van der Waals surface area contributed by atoms with E-state index in [0.717, 1.165) is 12.1 Å². The lowest BCUT2D eigenvalue weighted by molar-refractivity contribution is -0.137. The smallest absolute Gasteiger partial charge is 0.394 e.